The number of fused-ring (bicyclic) bond motifs is 1. The maximum atomic E-state index is 12.8. The number of nitrogens with one attached hydrogen (secondary N) is 1. The molecule has 1 unspecified atom stereocenters. The summed E-state index contributed by atoms with van der Waals surface area (Å²) in [5.41, 5.74) is 3.57. The first-order valence-corrected chi connectivity index (χ1v) is 12.9. The van der Waals surface area contributed by atoms with Crippen LogP contribution in [0.3, 0.4) is 0 Å². The van der Waals surface area contributed by atoms with Gasteiger partial charge in [-0.3, -0.25) is 14.5 Å². The molecular weight excluding hydrogens is 490 g/mol. The van der Waals surface area contributed by atoms with Crippen molar-refractivity contribution in [3.63, 3.8) is 0 Å². The number of rotatable bonds is 6. The molecule has 1 aliphatic heterocycles. The lowest BCUT2D eigenvalue weighted by Gasteiger charge is -2.36. The number of pyridine rings is 1. The van der Waals surface area contributed by atoms with E-state index in [0.717, 1.165) is 42.6 Å². The number of piperidine rings is 1. The van der Waals surface area contributed by atoms with Crippen LogP contribution in [-0.2, 0) is 4.79 Å². The van der Waals surface area contributed by atoms with E-state index in [1.807, 2.05) is 32.0 Å². The van der Waals surface area contributed by atoms with Crippen molar-refractivity contribution in [2.75, 3.05) is 11.4 Å². The van der Waals surface area contributed by atoms with Crippen LogP contribution in [0.5, 0.6) is 0 Å². The summed E-state index contributed by atoms with van der Waals surface area (Å²) in [5.74, 6) is 1.48. The summed E-state index contributed by atoms with van der Waals surface area (Å²) >= 11 is 6.12. The topological polar surface area (TPSA) is 117 Å². The largest absolute Gasteiger partial charge is 0.348 e. The second-order valence-electron chi connectivity index (χ2n) is 10.3. The van der Waals surface area contributed by atoms with Gasteiger partial charge in [0.25, 0.3) is 5.91 Å². The van der Waals surface area contributed by atoms with Crippen molar-refractivity contribution in [2.24, 2.45) is 11.8 Å². The SMILES string of the molecule is Cc1nc(N2C[C@H]3C[C@H]3C2=O)ccc1C(C)n1cc(C(=O)N[C@H]2C[C@@H](c3cc(Cl)ccc3C#N)C2)nn1. The highest BCUT2D eigenvalue weighted by molar-refractivity contribution is 6.30. The zero-order valence-electron chi connectivity index (χ0n) is 20.6. The number of hydrogen-bond acceptors (Lipinski definition) is 6. The molecule has 1 aromatic carbocycles. The molecule has 3 fully saturated rings. The number of nitriles is 1. The van der Waals surface area contributed by atoms with E-state index in [1.54, 1.807) is 27.9 Å². The minimum absolute atomic E-state index is 0.00363. The minimum atomic E-state index is -0.273. The summed E-state index contributed by atoms with van der Waals surface area (Å²) in [7, 11) is 0. The summed E-state index contributed by atoms with van der Waals surface area (Å²) in [6.45, 7) is 4.66. The zero-order valence-corrected chi connectivity index (χ0v) is 21.3. The molecule has 0 radical (unpaired) electrons. The summed E-state index contributed by atoms with van der Waals surface area (Å²) in [5, 5.41) is 21.3. The van der Waals surface area contributed by atoms with E-state index >= 15 is 0 Å². The first-order valence-electron chi connectivity index (χ1n) is 12.5. The van der Waals surface area contributed by atoms with Crippen molar-refractivity contribution in [1.82, 2.24) is 25.3 Å². The van der Waals surface area contributed by atoms with Gasteiger partial charge in [0.15, 0.2) is 5.69 Å². The number of halogens is 1. The molecule has 0 bridgehead atoms. The van der Waals surface area contributed by atoms with E-state index in [2.05, 4.69) is 21.7 Å². The first kappa shape index (κ1) is 23.6. The van der Waals surface area contributed by atoms with E-state index in [4.69, 9.17) is 16.6 Å². The van der Waals surface area contributed by atoms with Crippen molar-refractivity contribution in [1.29, 1.82) is 5.26 Å². The van der Waals surface area contributed by atoms with Gasteiger partial charge in [0.05, 0.1) is 23.9 Å². The maximum Gasteiger partial charge on any atom is 0.273 e. The smallest absolute Gasteiger partial charge is 0.273 e. The van der Waals surface area contributed by atoms with Gasteiger partial charge in [-0.25, -0.2) is 9.67 Å². The lowest BCUT2D eigenvalue weighted by molar-refractivity contribution is -0.118. The van der Waals surface area contributed by atoms with Crippen LogP contribution < -0.4 is 10.2 Å². The third-order valence-corrected chi connectivity index (χ3v) is 8.18. The molecule has 2 saturated carbocycles. The molecule has 0 spiro atoms. The number of amides is 2. The molecule has 10 heteroatoms. The fraction of sp³-hybridized carbons (Fsp3) is 0.407. The molecule has 9 nitrogen and oxygen atoms in total. The summed E-state index contributed by atoms with van der Waals surface area (Å²) in [6.07, 6.45) is 4.13. The number of benzene rings is 1. The van der Waals surface area contributed by atoms with Gasteiger partial charge in [0, 0.05) is 29.2 Å². The number of carbonyl (C=O) groups excluding carboxylic acids is 2. The zero-order chi connectivity index (χ0) is 25.8. The molecular formula is C27H26ClN7O2. The quantitative estimate of drug-likeness (QED) is 0.534. The van der Waals surface area contributed by atoms with Gasteiger partial charge in [0.1, 0.15) is 5.82 Å². The Morgan fingerprint density at radius 1 is 1.24 bits per heavy atom. The van der Waals surface area contributed by atoms with E-state index in [1.165, 1.54) is 0 Å². The van der Waals surface area contributed by atoms with Crippen LogP contribution in [0, 0.1) is 30.1 Å². The lowest BCUT2D eigenvalue weighted by atomic mass is 9.74. The molecule has 37 heavy (non-hydrogen) atoms. The van der Waals surface area contributed by atoms with E-state index in [-0.39, 0.29) is 41.4 Å². The van der Waals surface area contributed by atoms with Crippen LogP contribution in [-0.4, -0.2) is 44.4 Å². The first-order chi connectivity index (χ1) is 17.8. The number of aromatic nitrogens is 4. The molecule has 2 aromatic heterocycles. The fourth-order valence-corrected chi connectivity index (χ4v) is 5.75. The molecule has 6 rings (SSSR count). The number of anilines is 1. The number of hydrogen-bond donors (Lipinski definition) is 1. The van der Waals surface area contributed by atoms with Crippen molar-refractivity contribution in [3.05, 3.63) is 69.6 Å². The van der Waals surface area contributed by atoms with Crippen LogP contribution in [0.2, 0.25) is 5.02 Å². The van der Waals surface area contributed by atoms with Gasteiger partial charge in [-0.1, -0.05) is 22.9 Å². The Kier molecular flexibility index (Phi) is 5.72. The van der Waals surface area contributed by atoms with Crippen molar-refractivity contribution >= 4 is 29.2 Å². The molecule has 1 N–H and O–H groups in total. The molecule has 3 atom stereocenters. The summed E-state index contributed by atoms with van der Waals surface area (Å²) in [4.78, 5) is 31.7. The van der Waals surface area contributed by atoms with Gasteiger partial charge in [0.2, 0.25) is 5.91 Å². The highest BCUT2D eigenvalue weighted by atomic mass is 35.5. The second kappa shape index (κ2) is 8.96. The third-order valence-electron chi connectivity index (χ3n) is 7.95. The van der Waals surface area contributed by atoms with E-state index in [0.29, 0.717) is 22.3 Å². The van der Waals surface area contributed by atoms with Crippen LogP contribution >= 0.6 is 11.6 Å². The second-order valence-corrected chi connectivity index (χ2v) is 10.8. The van der Waals surface area contributed by atoms with Crippen LogP contribution in [0.4, 0.5) is 5.82 Å². The van der Waals surface area contributed by atoms with Gasteiger partial charge in [-0.05, 0) is 80.3 Å². The maximum absolute atomic E-state index is 12.8. The Morgan fingerprint density at radius 3 is 2.76 bits per heavy atom. The van der Waals surface area contributed by atoms with Crippen molar-refractivity contribution < 1.29 is 9.59 Å². The molecule has 2 aliphatic carbocycles. The standard InChI is InChI=1S/C27H26ClN7O2/c1-14-21(5-6-25(30-14)34-12-18-9-23(18)27(34)37)15(2)35-13-24(32-33-35)26(36)31-20-7-17(8-20)22-10-19(28)4-3-16(22)11-29/h3-6,10,13,15,17-18,20,23H,7-9,12H2,1-2H3,(H,31,36)/t15?,17-,18-,20+,23-/m1/s1. The molecule has 188 valence electrons. The van der Waals surface area contributed by atoms with Crippen LogP contribution in [0.25, 0.3) is 0 Å². The molecule has 2 amide bonds. The van der Waals surface area contributed by atoms with Gasteiger partial charge in [-0.15, -0.1) is 5.10 Å². The Morgan fingerprint density at radius 2 is 2.05 bits per heavy atom. The molecule has 3 aromatic rings. The number of aryl methyl sites for hydroxylation is 1. The predicted molar refractivity (Wildman–Crippen MR) is 136 cm³/mol. The number of nitrogens with zero attached hydrogens (tertiary/aromatic N) is 6. The Bertz CT molecular complexity index is 1460. The van der Waals surface area contributed by atoms with Crippen LogP contribution in [0.1, 0.15) is 71.0 Å². The Balaban J connectivity index is 1.08. The molecule has 3 heterocycles. The Labute approximate surface area is 219 Å². The highest BCUT2D eigenvalue weighted by Crippen LogP contribution is 2.47. The van der Waals surface area contributed by atoms with Crippen molar-refractivity contribution in [2.45, 2.75) is 51.1 Å². The fourth-order valence-electron chi connectivity index (χ4n) is 5.57. The molecule has 3 aliphatic rings. The van der Waals surface area contributed by atoms with Gasteiger partial charge in [-0.2, -0.15) is 5.26 Å². The van der Waals surface area contributed by atoms with Gasteiger partial charge < -0.3 is 5.32 Å². The average molecular weight is 516 g/mol. The molecule has 1 saturated heterocycles. The minimum Gasteiger partial charge on any atom is -0.348 e. The average Bonchev–Trinajstić information content (AvgIpc) is 3.31. The number of carbonyl (C=O) groups is 2. The normalized spacial score (nSPS) is 24.7. The predicted octanol–water partition coefficient (Wildman–Crippen LogP) is 3.77. The summed E-state index contributed by atoms with van der Waals surface area (Å²) in [6, 6.07) is 11.2. The van der Waals surface area contributed by atoms with E-state index < -0.39 is 0 Å². The highest BCUT2D eigenvalue weighted by Gasteiger charge is 2.52. The Hall–Kier alpha value is -3.77. The monoisotopic (exact) mass is 515 g/mol. The van der Waals surface area contributed by atoms with E-state index in [9.17, 15) is 14.9 Å². The lowest BCUT2D eigenvalue weighted by Crippen LogP contribution is -2.43. The third kappa shape index (κ3) is 4.25. The summed E-state index contributed by atoms with van der Waals surface area (Å²) < 4.78 is 1.66. The van der Waals surface area contributed by atoms with Gasteiger partial charge >= 0.3 is 0 Å². The van der Waals surface area contributed by atoms with Crippen molar-refractivity contribution in [3.8, 4) is 6.07 Å². The van der Waals surface area contributed by atoms with Crippen LogP contribution in [0.15, 0.2) is 36.5 Å².